The SMILES string of the molecule is CCN(/N=C(\C)c1cc(C)ccc1N(N)S(=O)(=O)C(F)(F)F)C(=O)O. The van der Waals surface area contributed by atoms with Crippen LogP contribution >= 0.6 is 0 Å². The maximum atomic E-state index is 12.7. The number of carboxylic acid groups (broad SMARTS) is 1. The van der Waals surface area contributed by atoms with Crippen molar-refractivity contribution in [3.05, 3.63) is 29.3 Å². The summed E-state index contributed by atoms with van der Waals surface area (Å²) in [5, 5.41) is 13.4. The van der Waals surface area contributed by atoms with E-state index in [4.69, 9.17) is 10.9 Å². The van der Waals surface area contributed by atoms with Gasteiger partial charge in [-0.2, -0.15) is 36.1 Å². The van der Waals surface area contributed by atoms with E-state index in [-0.39, 0.29) is 17.8 Å². The smallest absolute Gasteiger partial charge is 0.464 e. The lowest BCUT2D eigenvalue weighted by molar-refractivity contribution is -0.0438. The fourth-order valence-electron chi connectivity index (χ4n) is 1.86. The van der Waals surface area contributed by atoms with Crippen molar-refractivity contribution in [2.75, 3.05) is 11.0 Å². The van der Waals surface area contributed by atoms with Gasteiger partial charge in [0.05, 0.1) is 11.4 Å². The van der Waals surface area contributed by atoms with Crippen molar-refractivity contribution < 1.29 is 31.5 Å². The van der Waals surface area contributed by atoms with Crippen LogP contribution in [-0.4, -0.2) is 42.4 Å². The lowest BCUT2D eigenvalue weighted by Gasteiger charge is -2.23. The van der Waals surface area contributed by atoms with E-state index in [2.05, 4.69) is 5.10 Å². The number of hydrazone groups is 1. The van der Waals surface area contributed by atoms with Crippen LogP contribution in [0.15, 0.2) is 23.3 Å². The Morgan fingerprint density at radius 2 is 1.92 bits per heavy atom. The minimum atomic E-state index is -5.82. The maximum Gasteiger partial charge on any atom is 0.518 e. The summed E-state index contributed by atoms with van der Waals surface area (Å²) in [5.74, 6) is 5.21. The van der Waals surface area contributed by atoms with Gasteiger partial charge < -0.3 is 5.11 Å². The average molecular weight is 382 g/mol. The average Bonchev–Trinajstić information content (AvgIpc) is 2.50. The van der Waals surface area contributed by atoms with E-state index in [0.29, 0.717) is 10.6 Å². The van der Waals surface area contributed by atoms with Crippen molar-refractivity contribution in [2.45, 2.75) is 26.3 Å². The van der Waals surface area contributed by atoms with E-state index in [0.717, 1.165) is 6.07 Å². The Morgan fingerprint density at radius 3 is 2.36 bits per heavy atom. The maximum absolute atomic E-state index is 12.7. The van der Waals surface area contributed by atoms with Crippen LogP contribution < -0.4 is 10.3 Å². The molecule has 25 heavy (non-hydrogen) atoms. The highest BCUT2D eigenvalue weighted by Gasteiger charge is 2.50. The Kier molecular flexibility index (Phi) is 6.02. The number of aryl methyl sites for hydroxylation is 1. The van der Waals surface area contributed by atoms with E-state index in [1.807, 2.05) is 0 Å². The quantitative estimate of drug-likeness (QED) is 0.460. The summed E-state index contributed by atoms with van der Waals surface area (Å²) in [4.78, 5) is 11.0. The van der Waals surface area contributed by atoms with E-state index in [9.17, 15) is 26.4 Å². The molecule has 3 N–H and O–H groups in total. The number of hydrogen-bond donors (Lipinski definition) is 2. The third kappa shape index (κ3) is 4.39. The zero-order valence-electron chi connectivity index (χ0n) is 13.6. The third-order valence-electron chi connectivity index (χ3n) is 3.12. The normalized spacial score (nSPS) is 12.8. The van der Waals surface area contributed by atoms with Gasteiger partial charge in [0.1, 0.15) is 0 Å². The van der Waals surface area contributed by atoms with Crippen molar-refractivity contribution in [3.8, 4) is 0 Å². The van der Waals surface area contributed by atoms with Crippen LogP contribution in [0.5, 0.6) is 0 Å². The summed E-state index contributed by atoms with van der Waals surface area (Å²) in [6.45, 7) is 4.44. The number of rotatable bonds is 5. The first-order valence-electron chi connectivity index (χ1n) is 6.86. The summed E-state index contributed by atoms with van der Waals surface area (Å²) in [6, 6.07) is 3.81. The molecule has 0 aliphatic carbocycles. The standard InChI is InChI=1S/C13H17F3N4O4S/c1-4-19(12(21)22)18-9(3)10-7-8(2)5-6-11(10)20(17)25(23,24)13(14,15)16/h5-7H,4,17H2,1-3H3,(H,21,22)/b18-9+. The lowest BCUT2D eigenvalue weighted by atomic mass is 10.1. The minimum absolute atomic E-state index is 0.0129. The summed E-state index contributed by atoms with van der Waals surface area (Å²) in [6.07, 6.45) is -1.37. The summed E-state index contributed by atoms with van der Waals surface area (Å²) in [5.41, 5.74) is -5.55. The highest BCUT2D eigenvalue weighted by Crippen LogP contribution is 2.31. The van der Waals surface area contributed by atoms with Gasteiger partial charge >= 0.3 is 21.6 Å². The molecule has 0 aliphatic rings. The van der Waals surface area contributed by atoms with Crippen molar-refractivity contribution in [1.29, 1.82) is 0 Å². The molecule has 0 atom stereocenters. The van der Waals surface area contributed by atoms with Crippen LogP contribution in [0, 0.1) is 6.92 Å². The molecule has 0 aliphatic heterocycles. The van der Waals surface area contributed by atoms with Crippen LogP contribution in [0.1, 0.15) is 25.0 Å². The molecule has 0 bridgehead atoms. The summed E-state index contributed by atoms with van der Waals surface area (Å²) >= 11 is 0. The number of nitrogens with two attached hydrogens (primary N) is 1. The monoisotopic (exact) mass is 382 g/mol. The number of halogens is 3. The summed E-state index contributed by atoms with van der Waals surface area (Å²) < 4.78 is 60.8. The van der Waals surface area contributed by atoms with Gasteiger partial charge in [-0.3, -0.25) is 0 Å². The second-order valence-corrected chi connectivity index (χ2v) is 6.76. The van der Waals surface area contributed by atoms with Gasteiger partial charge in [-0.05, 0) is 32.9 Å². The molecule has 0 saturated carbocycles. The number of amides is 1. The molecule has 1 aromatic carbocycles. The Labute approximate surface area is 142 Å². The van der Waals surface area contributed by atoms with Crippen molar-refractivity contribution >= 4 is 27.5 Å². The number of hydrazine groups is 1. The predicted octanol–water partition coefficient (Wildman–Crippen LogP) is 2.25. The lowest BCUT2D eigenvalue weighted by Crippen LogP contribution is -2.46. The fraction of sp³-hybridized carbons (Fsp3) is 0.385. The molecule has 8 nitrogen and oxygen atoms in total. The van der Waals surface area contributed by atoms with Crippen molar-refractivity contribution in [2.24, 2.45) is 10.9 Å². The number of carbonyl (C=O) groups is 1. The zero-order valence-corrected chi connectivity index (χ0v) is 14.4. The number of sulfonamides is 1. The molecule has 1 aromatic rings. The number of hydrogen-bond acceptors (Lipinski definition) is 5. The Morgan fingerprint density at radius 1 is 1.36 bits per heavy atom. The van der Waals surface area contributed by atoms with Crippen molar-refractivity contribution in [3.63, 3.8) is 0 Å². The van der Waals surface area contributed by atoms with Crippen LogP contribution in [0.3, 0.4) is 0 Å². The van der Waals surface area contributed by atoms with E-state index in [1.54, 1.807) is 6.92 Å². The van der Waals surface area contributed by atoms with Crippen LogP contribution in [0.4, 0.5) is 23.7 Å². The number of alkyl halides is 3. The fourth-order valence-corrected chi connectivity index (χ4v) is 2.50. The first-order valence-corrected chi connectivity index (χ1v) is 8.30. The predicted molar refractivity (Wildman–Crippen MR) is 85.4 cm³/mol. The first kappa shape index (κ1) is 20.7. The Bertz CT molecular complexity index is 793. The van der Waals surface area contributed by atoms with Crippen LogP contribution in [0.2, 0.25) is 0 Å². The van der Waals surface area contributed by atoms with Gasteiger partial charge in [0.15, 0.2) is 0 Å². The molecule has 0 heterocycles. The van der Waals surface area contributed by atoms with Crippen LogP contribution in [-0.2, 0) is 10.0 Å². The highest BCUT2D eigenvalue weighted by molar-refractivity contribution is 7.93. The molecule has 0 spiro atoms. The number of benzene rings is 1. The number of anilines is 1. The zero-order chi connectivity index (χ0) is 19.6. The van der Waals surface area contributed by atoms with E-state index >= 15 is 0 Å². The van der Waals surface area contributed by atoms with E-state index in [1.165, 1.54) is 26.0 Å². The molecule has 12 heteroatoms. The largest absolute Gasteiger partial charge is 0.518 e. The summed E-state index contributed by atoms with van der Waals surface area (Å²) in [7, 11) is -5.82. The molecule has 0 fully saturated rings. The van der Waals surface area contributed by atoms with Gasteiger partial charge in [-0.25, -0.2) is 10.6 Å². The molecule has 0 unspecified atom stereocenters. The van der Waals surface area contributed by atoms with Gasteiger partial charge in [-0.1, -0.05) is 11.6 Å². The Balaban J connectivity index is 3.52. The molecular formula is C13H17F3N4O4S. The first-order chi connectivity index (χ1) is 11.3. The highest BCUT2D eigenvalue weighted by atomic mass is 32.2. The second-order valence-electron chi connectivity index (χ2n) is 4.95. The molecule has 0 radical (unpaired) electrons. The van der Waals surface area contributed by atoms with Crippen molar-refractivity contribution in [1.82, 2.24) is 5.01 Å². The minimum Gasteiger partial charge on any atom is -0.464 e. The Hall–Kier alpha value is -2.34. The van der Waals surface area contributed by atoms with Gasteiger partial charge in [0, 0.05) is 12.1 Å². The second kappa shape index (κ2) is 7.27. The van der Waals surface area contributed by atoms with Gasteiger partial charge in [0.25, 0.3) is 0 Å². The van der Waals surface area contributed by atoms with Gasteiger partial charge in [-0.15, -0.1) is 0 Å². The molecule has 0 aromatic heterocycles. The third-order valence-corrected chi connectivity index (χ3v) is 4.42. The molecule has 1 amide bonds. The molecule has 0 saturated heterocycles. The van der Waals surface area contributed by atoms with Gasteiger partial charge in [0.2, 0.25) is 0 Å². The molecular weight excluding hydrogens is 365 g/mol. The molecule has 1 rings (SSSR count). The molecule has 140 valence electrons. The topological polar surface area (TPSA) is 116 Å². The van der Waals surface area contributed by atoms with Crippen LogP contribution in [0.25, 0.3) is 0 Å². The number of nitrogens with zero attached hydrogens (tertiary/aromatic N) is 3. The van der Waals surface area contributed by atoms with E-state index < -0.39 is 31.7 Å².